The minimum Gasteiger partial charge on any atom is -0.493 e. The Kier molecular flexibility index (Phi) is 4.69. The van der Waals surface area contributed by atoms with Crippen molar-refractivity contribution in [3.05, 3.63) is 22.2 Å². The molecule has 0 aliphatic rings. The van der Waals surface area contributed by atoms with Gasteiger partial charge in [0.2, 0.25) is 0 Å². The predicted octanol–water partition coefficient (Wildman–Crippen LogP) is 3.42. The van der Waals surface area contributed by atoms with E-state index in [0.717, 1.165) is 11.1 Å². The van der Waals surface area contributed by atoms with E-state index in [-0.39, 0.29) is 6.42 Å². The number of hydrogen-bond donors (Lipinski definition) is 1. The van der Waals surface area contributed by atoms with E-state index in [2.05, 4.69) is 0 Å². The third-order valence-electron chi connectivity index (χ3n) is 3.15. The quantitative estimate of drug-likeness (QED) is 0.901. The minimum absolute atomic E-state index is 0.0219. The number of halogens is 1. The van der Waals surface area contributed by atoms with Gasteiger partial charge in [0, 0.05) is 21.6 Å². The van der Waals surface area contributed by atoms with Crippen LogP contribution in [0.3, 0.4) is 0 Å². The van der Waals surface area contributed by atoms with Gasteiger partial charge in [0.1, 0.15) is 0 Å². The van der Waals surface area contributed by atoms with E-state index < -0.39 is 11.4 Å². The van der Waals surface area contributed by atoms with Crippen LogP contribution in [0.5, 0.6) is 11.5 Å². The highest BCUT2D eigenvalue weighted by Gasteiger charge is 2.30. The first kappa shape index (κ1) is 15.6. The number of carbonyl (C=O) groups is 1. The molecule has 106 valence electrons. The van der Waals surface area contributed by atoms with Gasteiger partial charge in [-0.2, -0.15) is 0 Å². The largest absolute Gasteiger partial charge is 0.493 e. The van der Waals surface area contributed by atoms with Gasteiger partial charge in [0.05, 0.1) is 20.6 Å². The van der Waals surface area contributed by atoms with Gasteiger partial charge in [-0.25, -0.2) is 0 Å². The maximum absolute atomic E-state index is 11.0. The maximum Gasteiger partial charge on any atom is 0.304 e. The van der Waals surface area contributed by atoms with Crippen LogP contribution in [-0.4, -0.2) is 25.3 Å². The molecule has 1 aromatic rings. The number of aliphatic carboxylic acids is 1. The topological polar surface area (TPSA) is 55.8 Å². The number of carboxylic acid groups (broad SMARTS) is 1. The van der Waals surface area contributed by atoms with Crippen molar-refractivity contribution in [2.45, 2.75) is 32.6 Å². The molecule has 0 spiro atoms. The van der Waals surface area contributed by atoms with Crippen LogP contribution >= 0.6 is 11.6 Å². The van der Waals surface area contributed by atoms with Gasteiger partial charge >= 0.3 is 5.97 Å². The molecule has 19 heavy (non-hydrogen) atoms. The van der Waals surface area contributed by atoms with Crippen molar-refractivity contribution in [3.8, 4) is 11.5 Å². The zero-order valence-electron chi connectivity index (χ0n) is 11.8. The Morgan fingerprint density at radius 1 is 1.32 bits per heavy atom. The maximum atomic E-state index is 11.0. The van der Waals surface area contributed by atoms with Gasteiger partial charge in [-0.15, -0.1) is 0 Å². The lowest BCUT2D eigenvalue weighted by Crippen LogP contribution is -2.23. The van der Waals surface area contributed by atoms with Crippen molar-refractivity contribution >= 4 is 17.6 Å². The zero-order valence-corrected chi connectivity index (χ0v) is 12.6. The first-order chi connectivity index (χ1) is 8.74. The van der Waals surface area contributed by atoms with Crippen LogP contribution in [0.2, 0.25) is 5.02 Å². The second kappa shape index (κ2) is 5.70. The lowest BCUT2D eigenvalue weighted by atomic mass is 9.80. The molecule has 1 N–H and O–H groups in total. The fraction of sp³-hybridized carbons (Fsp3) is 0.500. The molecule has 5 heteroatoms. The second-order valence-electron chi connectivity index (χ2n) is 5.05. The molecular weight excluding hydrogens is 268 g/mol. The molecule has 0 amide bonds. The van der Waals surface area contributed by atoms with Crippen LogP contribution < -0.4 is 9.47 Å². The molecule has 0 bridgehead atoms. The van der Waals surface area contributed by atoms with Crippen molar-refractivity contribution in [2.24, 2.45) is 0 Å². The van der Waals surface area contributed by atoms with Gasteiger partial charge in [0.25, 0.3) is 0 Å². The molecule has 0 radical (unpaired) electrons. The smallest absolute Gasteiger partial charge is 0.304 e. The van der Waals surface area contributed by atoms with E-state index in [1.807, 2.05) is 20.8 Å². The summed E-state index contributed by atoms with van der Waals surface area (Å²) < 4.78 is 10.7. The van der Waals surface area contributed by atoms with Crippen molar-refractivity contribution in [1.29, 1.82) is 0 Å². The van der Waals surface area contributed by atoms with Crippen LogP contribution in [0, 0.1) is 6.92 Å². The van der Waals surface area contributed by atoms with Crippen LogP contribution in [0.4, 0.5) is 0 Å². The van der Waals surface area contributed by atoms with Gasteiger partial charge < -0.3 is 14.6 Å². The van der Waals surface area contributed by atoms with E-state index in [1.54, 1.807) is 6.07 Å². The van der Waals surface area contributed by atoms with Crippen molar-refractivity contribution in [2.75, 3.05) is 14.2 Å². The van der Waals surface area contributed by atoms with Gasteiger partial charge in [-0.1, -0.05) is 25.4 Å². The Morgan fingerprint density at radius 2 is 1.84 bits per heavy atom. The van der Waals surface area contributed by atoms with E-state index in [4.69, 9.17) is 26.2 Å². The van der Waals surface area contributed by atoms with E-state index in [9.17, 15) is 4.79 Å². The molecule has 0 aromatic heterocycles. The molecule has 1 aromatic carbocycles. The summed E-state index contributed by atoms with van der Waals surface area (Å²) in [5.41, 5.74) is 0.891. The number of rotatable bonds is 5. The standard InChI is InChI=1S/C14H19ClO4/c1-8-10(15)6-9(13(19-5)12(8)18-4)14(2,3)7-11(16)17/h6H,7H2,1-5H3,(H,16,17). The Hall–Kier alpha value is -1.42. The Balaban J connectivity index is 3.50. The van der Waals surface area contributed by atoms with Gasteiger partial charge in [-0.3, -0.25) is 4.79 Å². The fourth-order valence-corrected chi connectivity index (χ4v) is 2.32. The highest BCUT2D eigenvalue weighted by Crippen LogP contribution is 2.44. The molecule has 0 saturated heterocycles. The molecule has 0 unspecified atom stereocenters. The molecule has 4 nitrogen and oxygen atoms in total. The van der Waals surface area contributed by atoms with E-state index in [1.165, 1.54) is 14.2 Å². The minimum atomic E-state index is -0.872. The summed E-state index contributed by atoms with van der Waals surface area (Å²) in [5.74, 6) is 0.210. The molecule has 0 fully saturated rings. The third-order valence-corrected chi connectivity index (χ3v) is 3.54. The first-order valence-electron chi connectivity index (χ1n) is 5.88. The first-order valence-corrected chi connectivity index (χ1v) is 6.25. The molecule has 0 saturated carbocycles. The predicted molar refractivity (Wildman–Crippen MR) is 74.6 cm³/mol. The number of hydrogen-bond acceptors (Lipinski definition) is 3. The molecule has 0 atom stereocenters. The summed E-state index contributed by atoms with van der Waals surface area (Å²) in [6.07, 6.45) is -0.0219. The summed E-state index contributed by atoms with van der Waals surface area (Å²) in [6.45, 7) is 5.51. The molecular formula is C14H19ClO4. The summed E-state index contributed by atoms with van der Waals surface area (Å²) in [5, 5.41) is 9.55. The lowest BCUT2D eigenvalue weighted by Gasteiger charge is -2.27. The van der Waals surface area contributed by atoms with Crippen molar-refractivity contribution in [1.82, 2.24) is 0 Å². The van der Waals surface area contributed by atoms with Gasteiger partial charge in [0.15, 0.2) is 11.5 Å². The summed E-state index contributed by atoms with van der Waals surface area (Å²) in [7, 11) is 3.07. The van der Waals surface area contributed by atoms with Crippen LogP contribution in [0.15, 0.2) is 6.07 Å². The molecule has 1 rings (SSSR count). The highest BCUT2D eigenvalue weighted by atomic mass is 35.5. The van der Waals surface area contributed by atoms with Crippen molar-refractivity contribution < 1.29 is 19.4 Å². The Morgan fingerprint density at radius 3 is 2.26 bits per heavy atom. The van der Waals surface area contributed by atoms with Crippen LogP contribution in [0.25, 0.3) is 0 Å². The third kappa shape index (κ3) is 3.13. The zero-order chi connectivity index (χ0) is 14.8. The highest BCUT2D eigenvalue weighted by molar-refractivity contribution is 6.31. The summed E-state index contributed by atoms with van der Waals surface area (Å²) >= 11 is 6.19. The molecule has 0 aliphatic heterocycles. The van der Waals surface area contributed by atoms with Gasteiger partial charge in [-0.05, 0) is 13.0 Å². The monoisotopic (exact) mass is 286 g/mol. The fourth-order valence-electron chi connectivity index (χ4n) is 2.13. The Labute approximate surface area is 118 Å². The van der Waals surface area contributed by atoms with E-state index >= 15 is 0 Å². The number of carboxylic acids is 1. The number of benzene rings is 1. The number of ether oxygens (including phenoxy) is 2. The second-order valence-corrected chi connectivity index (χ2v) is 5.46. The van der Waals surface area contributed by atoms with Crippen LogP contribution in [0.1, 0.15) is 31.4 Å². The van der Waals surface area contributed by atoms with E-state index in [0.29, 0.717) is 16.5 Å². The normalized spacial score (nSPS) is 11.3. The van der Waals surface area contributed by atoms with Crippen LogP contribution in [-0.2, 0) is 10.2 Å². The summed E-state index contributed by atoms with van der Waals surface area (Å²) in [6, 6.07) is 1.75. The summed E-state index contributed by atoms with van der Waals surface area (Å²) in [4.78, 5) is 11.0. The molecule has 0 aliphatic carbocycles. The average molecular weight is 287 g/mol. The molecule has 0 heterocycles. The number of methoxy groups -OCH3 is 2. The Bertz CT molecular complexity index is 495. The SMILES string of the molecule is COc1c(C(C)(C)CC(=O)O)cc(Cl)c(C)c1OC. The lowest BCUT2D eigenvalue weighted by molar-refractivity contribution is -0.138. The average Bonchev–Trinajstić information content (AvgIpc) is 2.29. The van der Waals surface area contributed by atoms with Crippen molar-refractivity contribution in [3.63, 3.8) is 0 Å².